The van der Waals surface area contributed by atoms with Gasteiger partial charge in [-0.25, -0.2) is 4.98 Å². The van der Waals surface area contributed by atoms with Crippen molar-refractivity contribution in [3.8, 4) is 0 Å². The van der Waals surface area contributed by atoms with Crippen LogP contribution in [0.2, 0.25) is 0 Å². The number of hydrogen-bond donors (Lipinski definition) is 1. The van der Waals surface area contributed by atoms with Crippen molar-refractivity contribution in [3.63, 3.8) is 0 Å². The number of aryl methyl sites for hydroxylation is 1. The van der Waals surface area contributed by atoms with Crippen molar-refractivity contribution >= 4 is 40.4 Å². The Bertz CT molecular complexity index is 1010. The Hall–Kier alpha value is -2.13. The molecule has 1 N–H and O–H groups in total. The minimum absolute atomic E-state index is 0.0915. The number of carbonyl (C=O) groups is 1. The first-order valence-electron chi connectivity index (χ1n) is 10.6. The number of benzene rings is 1. The van der Waals surface area contributed by atoms with E-state index in [9.17, 15) is 9.18 Å². The number of nitrogens with one attached hydrogen (secondary N) is 1. The zero-order valence-electron chi connectivity index (χ0n) is 18.2. The summed E-state index contributed by atoms with van der Waals surface area (Å²) in [7, 11) is 0. The topological polar surface area (TPSA) is 57.6 Å². The fourth-order valence-corrected chi connectivity index (χ4v) is 4.09. The Morgan fingerprint density at radius 1 is 1.23 bits per heavy atom. The molecule has 164 valence electrons. The van der Waals surface area contributed by atoms with Crippen LogP contribution in [0.1, 0.15) is 43.9 Å². The third-order valence-electron chi connectivity index (χ3n) is 5.67. The fraction of sp³-hybridized carbons (Fsp3) is 0.375. The van der Waals surface area contributed by atoms with Gasteiger partial charge in [0, 0.05) is 34.6 Å². The summed E-state index contributed by atoms with van der Waals surface area (Å²) in [6, 6.07) is 8.01. The van der Waals surface area contributed by atoms with E-state index in [1.165, 1.54) is 11.8 Å². The van der Waals surface area contributed by atoms with Crippen molar-refractivity contribution < 1.29 is 9.18 Å². The number of allylic oxidation sites excluding steroid dienone is 1. The van der Waals surface area contributed by atoms with Crippen LogP contribution in [0.3, 0.4) is 0 Å². The lowest BCUT2D eigenvalue weighted by Gasteiger charge is -2.20. The number of carbonyl (C=O) groups excluding carboxylic acids is 1. The number of nitrogens with zero attached hydrogens (tertiary/aromatic N) is 3. The van der Waals surface area contributed by atoms with Crippen LogP contribution >= 0.6 is 22.6 Å². The molecule has 2 heterocycles. The van der Waals surface area contributed by atoms with Gasteiger partial charge < -0.3 is 5.32 Å². The van der Waals surface area contributed by atoms with Gasteiger partial charge in [-0.3, -0.25) is 14.7 Å². The molecular formula is C24H28FIN4O. The summed E-state index contributed by atoms with van der Waals surface area (Å²) in [4.78, 5) is 23.5. The van der Waals surface area contributed by atoms with Gasteiger partial charge in [0.15, 0.2) is 0 Å². The maximum atomic E-state index is 14.5. The van der Waals surface area contributed by atoms with Gasteiger partial charge >= 0.3 is 0 Å². The standard InChI is InChI=1S/C24H28FIN4O/c1-4-30(5-2)15-18-10-11-27-23(25)21(18)14-29-24(31)20-13-28-22-12-19(26)9-8-17(22)7-6-16(20)3/h8-13H,4-7,14-15H2,1-3H3,(H,29,31). The lowest BCUT2D eigenvalue weighted by molar-refractivity contribution is -0.117. The van der Waals surface area contributed by atoms with E-state index in [2.05, 4.69) is 68.8 Å². The average molecular weight is 534 g/mol. The van der Waals surface area contributed by atoms with E-state index >= 15 is 0 Å². The molecule has 3 rings (SSSR count). The van der Waals surface area contributed by atoms with Crippen LogP contribution in [-0.2, 0) is 24.3 Å². The number of amides is 1. The molecule has 5 nitrogen and oxygen atoms in total. The molecule has 0 aliphatic carbocycles. The first-order valence-corrected chi connectivity index (χ1v) is 11.7. The Kier molecular flexibility index (Phi) is 8.31. The predicted octanol–water partition coefficient (Wildman–Crippen LogP) is 4.95. The molecular weight excluding hydrogens is 506 g/mol. The number of rotatable bonds is 7. The SMILES string of the molecule is CCN(CC)Cc1ccnc(F)c1CNC(=O)C1=C(C)CCc2ccc(I)cc2N=C1. The molecule has 0 unspecified atom stereocenters. The quantitative estimate of drug-likeness (QED) is 0.404. The zero-order valence-corrected chi connectivity index (χ0v) is 20.4. The van der Waals surface area contributed by atoms with Crippen molar-refractivity contribution in [2.45, 2.75) is 46.7 Å². The van der Waals surface area contributed by atoms with Gasteiger partial charge in [0.2, 0.25) is 5.95 Å². The Morgan fingerprint density at radius 2 is 2.00 bits per heavy atom. The van der Waals surface area contributed by atoms with Crippen molar-refractivity contribution in [3.05, 3.63) is 67.8 Å². The molecule has 1 aromatic heterocycles. The smallest absolute Gasteiger partial charge is 0.253 e. The lowest BCUT2D eigenvalue weighted by Crippen LogP contribution is -2.29. The van der Waals surface area contributed by atoms with E-state index in [0.717, 1.165) is 46.3 Å². The largest absolute Gasteiger partial charge is 0.348 e. The van der Waals surface area contributed by atoms with Crippen LogP contribution in [0.25, 0.3) is 0 Å². The summed E-state index contributed by atoms with van der Waals surface area (Å²) in [6.45, 7) is 8.56. The van der Waals surface area contributed by atoms with Crippen LogP contribution in [0.4, 0.5) is 10.1 Å². The zero-order chi connectivity index (χ0) is 22.4. The van der Waals surface area contributed by atoms with E-state index in [0.29, 0.717) is 17.7 Å². The summed E-state index contributed by atoms with van der Waals surface area (Å²) in [5, 5.41) is 2.89. The molecule has 0 spiro atoms. The van der Waals surface area contributed by atoms with Crippen LogP contribution in [0.15, 0.2) is 46.6 Å². The fourth-order valence-electron chi connectivity index (χ4n) is 3.61. The third-order valence-corrected chi connectivity index (χ3v) is 6.34. The molecule has 0 radical (unpaired) electrons. The third kappa shape index (κ3) is 5.98. The highest BCUT2D eigenvalue weighted by atomic mass is 127. The summed E-state index contributed by atoms with van der Waals surface area (Å²) in [5.74, 6) is -0.780. The maximum absolute atomic E-state index is 14.5. The normalized spacial score (nSPS) is 13.7. The van der Waals surface area contributed by atoms with E-state index in [1.807, 2.05) is 19.1 Å². The molecule has 1 amide bonds. The number of fused-ring (bicyclic) bond motifs is 1. The molecule has 0 bridgehead atoms. The Balaban J connectivity index is 1.78. The average Bonchev–Trinajstić information content (AvgIpc) is 2.75. The van der Waals surface area contributed by atoms with Crippen molar-refractivity contribution in [2.24, 2.45) is 4.99 Å². The van der Waals surface area contributed by atoms with Gasteiger partial charge in [-0.15, -0.1) is 0 Å². The number of halogens is 2. The number of aliphatic imine (C=N–C) groups is 1. The van der Waals surface area contributed by atoms with Crippen LogP contribution in [-0.4, -0.2) is 35.1 Å². The van der Waals surface area contributed by atoms with Crippen molar-refractivity contribution in [2.75, 3.05) is 13.1 Å². The number of hydrogen-bond acceptors (Lipinski definition) is 4. The highest BCUT2D eigenvalue weighted by Gasteiger charge is 2.17. The number of aromatic nitrogens is 1. The second-order valence-electron chi connectivity index (χ2n) is 7.61. The molecule has 1 aliphatic rings. The maximum Gasteiger partial charge on any atom is 0.253 e. The second-order valence-corrected chi connectivity index (χ2v) is 8.85. The van der Waals surface area contributed by atoms with Gasteiger partial charge in [-0.05, 0) is 84.8 Å². The van der Waals surface area contributed by atoms with Crippen LogP contribution < -0.4 is 5.32 Å². The van der Waals surface area contributed by atoms with E-state index < -0.39 is 5.95 Å². The monoisotopic (exact) mass is 534 g/mol. The minimum Gasteiger partial charge on any atom is -0.348 e. The molecule has 31 heavy (non-hydrogen) atoms. The molecule has 0 saturated carbocycles. The molecule has 0 fully saturated rings. The minimum atomic E-state index is -0.537. The van der Waals surface area contributed by atoms with Gasteiger partial charge in [-0.1, -0.05) is 25.5 Å². The van der Waals surface area contributed by atoms with Crippen molar-refractivity contribution in [1.29, 1.82) is 0 Å². The first-order chi connectivity index (χ1) is 14.9. The van der Waals surface area contributed by atoms with Gasteiger partial charge in [0.1, 0.15) is 0 Å². The van der Waals surface area contributed by atoms with Gasteiger partial charge in [0.25, 0.3) is 5.91 Å². The summed E-state index contributed by atoms with van der Waals surface area (Å²) >= 11 is 2.26. The molecule has 0 saturated heterocycles. The number of pyridine rings is 1. The van der Waals surface area contributed by atoms with Gasteiger partial charge in [-0.2, -0.15) is 4.39 Å². The molecule has 0 atom stereocenters. The molecule has 1 aromatic carbocycles. The highest BCUT2D eigenvalue weighted by molar-refractivity contribution is 14.1. The van der Waals surface area contributed by atoms with Crippen LogP contribution in [0, 0.1) is 9.52 Å². The van der Waals surface area contributed by atoms with E-state index in [1.54, 1.807) is 6.21 Å². The predicted molar refractivity (Wildman–Crippen MR) is 131 cm³/mol. The summed E-state index contributed by atoms with van der Waals surface area (Å²) < 4.78 is 15.6. The highest BCUT2D eigenvalue weighted by Crippen LogP contribution is 2.27. The lowest BCUT2D eigenvalue weighted by atomic mass is 9.98. The Labute approximate surface area is 197 Å². The van der Waals surface area contributed by atoms with E-state index in [4.69, 9.17) is 0 Å². The van der Waals surface area contributed by atoms with E-state index in [-0.39, 0.29) is 12.5 Å². The molecule has 2 aromatic rings. The summed E-state index contributed by atoms with van der Waals surface area (Å²) in [5.41, 5.74) is 4.86. The molecule has 7 heteroatoms. The summed E-state index contributed by atoms with van der Waals surface area (Å²) in [6.07, 6.45) is 4.72. The van der Waals surface area contributed by atoms with Gasteiger partial charge in [0.05, 0.1) is 11.3 Å². The van der Waals surface area contributed by atoms with Crippen LogP contribution in [0.5, 0.6) is 0 Å². The molecule has 1 aliphatic heterocycles. The van der Waals surface area contributed by atoms with Crippen molar-refractivity contribution in [1.82, 2.24) is 15.2 Å². The first kappa shape index (κ1) is 23.5. The second kappa shape index (κ2) is 10.9. The Morgan fingerprint density at radius 3 is 2.74 bits per heavy atom.